The largest absolute Gasteiger partial charge is 0.302 e. The number of aryl methyl sites for hydroxylation is 3. The lowest BCUT2D eigenvalue weighted by atomic mass is 10.1. The van der Waals surface area contributed by atoms with Crippen molar-refractivity contribution >= 4 is 10.9 Å². The zero-order valence-corrected chi connectivity index (χ0v) is 16.3. The van der Waals surface area contributed by atoms with Gasteiger partial charge in [-0.05, 0) is 57.1 Å². The molecule has 2 heterocycles. The molecule has 3 aromatic rings. The maximum atomic E-state index is 13.1. The molecule has 6 nitrogen and oxygen atoms in total. The van der Waals surface area contributed by atoms with Gasteiger partial charge in [0.25, 0.3) is 5.56 Å². The Balaban J connectivity index is 2.09. The van der Waals surface area contributed by atoms with E-state index in [1.54, 1.807) is 15.6 Å². The first-order chi connectivity index (χ1) is 12.5. The van der Waals surface area contributed by atoms with E-state index >= 15 is 0 Å². The summed E-state index contributed by atoms with van der Waals surface area (Å²) in [5.41, 5.74) is 4.64. The Morgan fingerprint density at radius 3 is 2.46 bits per heavy atom. The number of hydrogen-bond acceptors (Lipinski definition) is 4. The first kappa shape index (κ1) is 18.3. The van der Waals surface area contributed by atoms with Crippen LogP contribution in [0, 0.1) is 20.8 Å². The minimum absolute atomic E-state index is 0.0894. The standard InChI is InChI=1S/C20H27N5O/c1-6-23(7-2)10-11-24-20(26)19-18(16(5)22-24)13-21-25(19)17-9-8-14(3)15(4)12-17/h8-9,12-13H,6-7,10-11H2,1-5H3. The van der Waals surface area contributed by atoms with Crippen molar-refractivity contribution in [2.24, 2.45) is 0 Å². The van der Waals surface area contributed by atoms with E-state index in [1.165, 1.54) is 11.1 Å². The molecule has 3 rings (SSSR count). The highest BCUT2D eigenvalue weighted by Gasteiger charge is 2.15. The van der Waals surface area contributed by atoms with Gasteiger partial charge in [0.1, 0.15) is 5.52 Å². The first-order valence-corrected chi connectivity index (χ1v) is 9.21. The molecule has 0 radical (unpaired) electrons. The first-order valence-electron chi connectivity index (χ1n) is 9.21. The molecular formula is C20H27N5O. The van der Waals surface area contributed by atoms with Crippen molar-refractivity contribution in [2.75, 3.05) is 19.6 Å². The summed E-state index contributed by atoms with van der Waals surface area (Å²) < 4.78 is 3.32. The SMILES string of the molecule is CCN(CC)CCn1nc(C)c2cnn(-c3ccc(C)c(C)c3)c2c1=O. The molecule has 0 aliphatic carbocycles. The zero-order chi connectivity index (χ0) is 18.8. The molecule has 26 heavy (non-hydrogen) atoms. The molecule has 2 aromatic heterocycles. The molecule has 0 aliphatic rings. The van der Waals surface area contributed by atoms with Crippen LogP contribution in [0.4, 0.5) is 0 Å². The number of hydrogen-bond donors (Lipinski definition) is 0. The quantitative estimate of drug-likeness (QED) is 0.684. The van der Waals surface area contributed by atoms with Gasteiger partial charge < -0.3 is 4.90 Å². The molecule has 1 aromatic carbocycles. The van der Waals surface area contributed by atoms with E-state index in [-0.39, 0.29) is 5.56 Å². The molecule has 6 heteroatoms. The lowest BCUT2D eigenvalue weighted by Crippen LogP contribution is -2.33. The van der Waals surface area contributed by atoms with E-state index in [0.29, 0.717) is 12.1 Å². The number of likely N-dealkylation sites (N-methyl/N-ethyl adjacent to an activating group) is 1. The fourth-order valence-corrected chi connectivity index (χ4v) is 3.20. The molecule has 0 aliphatic heterocycles. The van der Waals surface area contributed by atoms with Crippen LogP contribution in [0.2, 0.25) is 0 Å². The fourth-order valence-electron chi connectivity index (χ4n) is 3.20. The predicted octanol–water partition coefficient (Wildman–Crippen LogP) is 2.85. The molecular weight excluding hydrogens is 326 g/mol. The van der Waals surface area contributed by atoms with Crippen molar-refractivity contribution < 1.29 is 0 Å². The summed E-state index contributed by atoms with van der Waals surface area (Å²) in [7, 11) is 0. The highest BCUT2D eigenvalue weighted by molar-refractivity contribution is 5.81. The number of benzene rings is 1. The highest BCUT2D eigenvalue weighted by Crippen LogP contribution is 2.19. The summed E-state index contributed by atoms with van der Waals surface area (Å²) in [4.78, 5) is 15.4. The number of rotatable bonds is 6. The monoisotopic (exact) mass is 353 g/mol. The van der Waals surface area contributed by atoms with Gasteiger partial charge in [0.2, 0.25) is 0 Å². The second kappa shape index (κ2) is 7.41. The van der Waals surface area contributed by atoms with Crippen molar-refractivity contribution in [3.05, 3.63) is 51.6 Å². The van der Waals surface area contributed by atoms with E-state index in [0.717, 1.165) is 36.4 Å². The van der Waals surface area contributed by atoms with E-state index in [2.05, 4.69) is 54.9 Å². The van der Waals surface area contributed by atoms with Gasteiger partial charge in [-0.3, -0.25) is 4.79 Å². The summed E-state index contributed by atoms with van der Waals surface area (Å²) in [6, 6.07) is 6.13. The van der Waals surface area contributed by atoms with E-state index < -0.39 is 0 Å². The zero-order valence-electron chi connectivity index (χ0n) is 16.3. The molecule has 0 saturated carbocycles. The number of aromatic nitrogens is 4. The number of fused-ring (bicyclic) bond motifs is 1. The number of nitrogens with zero attached hydrogens (tertiary/aromatic N) is 5. The Hall–Kier alpha value is -2.47. The van der Waals surface area contributed by atoms with Gasteiger partial charge >= 0.3 is 0 Å². The minimum atomic E-state index is -0.0894. The molecule has 0 bridgehead atoms. The van der Waals surface area contributed by atoms with Crippen molar-refractivity contribution in [1.29, 1.82) is 0 Å². The third-order valence-corrected chi connectivity index (χ3v) is 5.12. The molecule has 0 spiro atoms. The van der Waals surface area contributed by atoms with Crippen LogP contribution in [0.1, 0.15) is 30.7 Å². The normalized spacial score (nSPS) is 11.6. The van der Waals surface area contributed by atoms with Gasteiger partial charge in [0.05, 0.1) is 24.1 Å². The fraction of sp³-hybridized carbons (Fsp3) is 0.450. The van der Waals surface area contributed by atoms with E-state index in [4.69, 9.17) is 0 Å². The maximum Gasteiger partial charge on any atom is 0.293 e. The second-order valence-electron chi connectivity index (χ2n) is 6.73. The van der Waals surface area contributed by atoms with Crippen molar-refractivity contribution in [3.8, 4) is 5.69 Å². The Morgan fingerprint density at radius 2 is 1.81 bits per heavy atom. The van der Waals surface area contributed by atoms with Gasteiger partial charge in [0.15, 0.2) is 0 Å². The molecule has 0 amide bonds. The lowest BCUT2D eigenvalue weighted by Gasteiger charge is -2.18. The molecule has 0 N–H and O–H groups in total. The van der Waals surface area contributed by atoms with Crippen LogP contribution >= 0.6 is 0 Å². The lowest BCUT2D eigenvalue weighted by molar-refractivity contribution is 0.282. The Kier molecular flexibility index (Phi) is 5.23. The van der Waals surface area contributed by atoms with Gasteiger partial charge in [-0.25, -0.2) is 9.36 Å². The molecule has 0 atom stereocenters. The molecule has 0 fully saturated rings. The van der Waals surface area contributed by atoms with Crippen LogP contribution in [0.15, 0.2) is 29.2 Å². The van der Waals surface area contributed by atoms with Gasteiger partial charge in [-0.15, -0.1) is 0 Å². The summed E-state index contributed by atoms with van der Waals surface area (Å²) in [6.45, 7) is 13.7. The predicted molar refractivity (Wildman–Crippen MR) is 105 cm³/mol. The van der Waals surface area contributed by atoms with Crippen LogP contribution in [0.25, 0.3) is 16.6 Å². The average molecular weight is 353 g/mol. The Labute approximate surface area is 154 Å². The van der Waals surface area contributed by atoms with Crippen molar-refractivity contribution in [3.63, 3.8) is 0 Å². The molecule has 0 unspecified atom stereocenters. The topological polar surface area (TPSA) is 56.0 Å². The van der Waals surface area contributed by atoms with Crippen molar-refractivity contribution in [2.45, 2.75) is 41.2 Å². The second-order valence-corrected chi connectivity index (χ2v) is 6.73. The minimum Gasteiger partial charge on any atom is -0.302 e. The van der Waals surface area contributed by atoms with Crippen LogP contribution in [-0.2, 0) is 6.54 Å². The van der Waals surface area contributed by atoms with Gasteiger partial charge in [0, 0.05) is 11.9 Å². The highest BCUT2D eigenvalue weighted by atomic mass is 16.1. The molecule has 0 saturated heterocycles. The Bertz CT molecular complexity index is 982. The van der Waals surface area contributed by atoms with Crippen molar-refractivity contribution in [1.82, 2.24) is 24.5 Å². The smallest absolute Gasteiger partial charge is 0.293 e. The average Bonchev–Trinajstić information content (AvgIpc) is 3.08. The third-order valence-electron chi connectivity index (χ3n) is 5.12. The summed E-state index contributed by atoms with van der Waals surface area (Å²) in [5, 5.41) is 9.80. The summed E-state index contributed by atoms with van der Waals surface area (Å²) in [5.74, 6) is 0. The van der Waals surface area contributed by atoms with Crippen LogP contribution in [0.3, 0.4) is 0 Å². The van der Waals surface area contributed by atoms with Crippen LogP contribution < -0.4 is 5.56 Å². The summed E-state index contributed by atoms with van der Waals surface area (Å²) in [6.07, 6.45) is 1.74. The van der Waals surface area contributed by atoms with Gasteiger partial charge in [-0.2, -0.15) is 10.2 Å². The van der Waals surface area contributed by atoms with E-state index in [1.807, 2.05) is 13.0 Å². The molecule has 138 valence electrons. The van der Waals surface area contributed by atoms with E-state index in [9.17, 15) is 4.79 Å². The summed E-state index contributed by atoms with van der Waals surface area (Å²) >= 11 is 0. The third kappa shape index (κ3) is 3.29. The Morgan fingerprint density at radius 1 is 1.08 bits per heavy atom. The maximum absolute atomic E-state index is 13.1. The van der Waals surface area contributed by atoms with Crippen LogP contribution in [0.5, 0.6) is 0 Å². The van der Waals surface area contributed by atoms with Crippen LogP contribution in [-0.4, -0.2) is 44.1 Å². The van der Waals surface area contributed by atoms with Gasteiger partial charge in [-0.1, -0.05) is 19.9 Å².